The molecule has 7 heteroatoms. The molecule has 3 aliphatic rings. The van der Waals surface area contributed by atoms with Gasteiger partial charge >= 0.3 is 0 Å². The van der Waals surface area contributed by atoms with Crippen molar-refractivity contribution in [2.75, 3.05) is 51.2 Å². The molecular weight excluding hydrogens is 330 g/mol. The first-order valence-corrected chi connectivity index (χ1v) is 9.57. The Morgan fingerprint density at radius 3 is 2.62 bits per heavy atom. The van der Waals surface area contributed by atoms with Crippen LogP contribution in [0.1, 0.15) is 38.3 Å². The van der Waals surface area contributed by atoms with Crippen LogP contribution in [0.15, 0.2) is 12.3 Å². The lowest BCUT2D eigenvalue weighted by molar-refractivity contribution is -0.160. The predicted molar refractivity (Wildman–Crippen MR) is 99.0 cm³/mol. The average Bonchev–Trinajstić information content (AvgIpc) is 3.19. The number of hydrogen-bond acceptors (Lipinski definition) is 6. The van der Waals surface area contributed by atoms with Crippen LogP contribution in [0.25, 0.3) is 0 Å². The SMILES string of the molecule is CN1CC(c2ccnc(N3CCCC3)n2)C2(C1)CN(C(=O)C(C)(C)O)C2. The quantitative estimate of drug-likeness (QED) is 0.857. The van der Waals surface area contributed by atoms with Crippen molar-refractivity contribution in [2.45, 2.75) is 38.2 Å². The molecule has 0 bridgehead atoms. The molecule has 1 spiro atoms. The summed E-state index contributed by atoms with van der Waals surface area (Å²) in [6, 6.07) is 2.03. The topological polar surface area (TPSA) is 72.8 Å². The molecule has 1 amide bonds. The van der Waals surface area contributed by atoms with Crippen molar-refractivity contribution in [2.24, 2.45) is 5.41 Å². The van der Waals surface area contributed by atoms with E-state index in [4.69, 9.17) is 4.98 Å². The normalized spacial score (nSPS) is 25.8. The van der Waals surface area contributed by atoms with Gasteiger partial charge in [-0.1, -0.05) is 0 Å². The summed E-state index contributed by atoms with van der Waals surface area (Å²) in [4.78, 5) is 28.1. The van der Waals surface area contributed by atoms with E-state index in [1.165, 1.54) is 12.8 Å². The Morgan fingerprint density at radius 2 is 1.96 bits per heavy atom. The molecule has 4 heterocycles. The lowest BCUT2D eigenvalue weighted by atomic mass is 9.70. The molecule has 3 aliphatic heterocycles. The number of carbonyl (C=O) groups is 1. The third-order valence-electron chi connectivity index (χ3n) is 6.05. The zero-order valence-electron chi connectivity index (χ0n) is 16.0. The Balaban J connectivity index is 1.55. The van der Waals surface area contributed by atoms with Crippen molar-refractivity contribution in [3.8, 4) is 0 Å². The molecule has 1 aromatic heterocycles. The number of amides is 1. The third kappa shape index (κ3) is 2.97. The Bertz CT molecular complexity index is 689. The number of likely N-dealkylation sites (N-methyl/N-ethyl adjacent to an activating group) is 1. The standard InChI is InChI=1S/C19H29N5O2/c1-18(2,26)16(25)24-12-19(13-24)11-22(3)10-14(19)15-6-7-20-17(21-15)23-8-4-5-9-23/h6-7,14,26H,4-5,8-13H2,1-3H3. The summed E-state index contributed by atoms with van der Waals surface area (Å²) in [6.07, 6.45) is 4.29. The minimum absolute atomic E-state index is 0.0340. The van der Waals surface area contributed by atoms with E-state index >= 15 is 0 Å². The average molecular weight is 359 g/mol. The van der Waals surface area contributed by atoms with Crippen LogP contribution < -0.4 is 4.90 Å². The van der Waals surface area contributed by atoms with Gasteiger partial charge < -0.3 is 19.8 Å². The van der Waals surface area contributed by atoms with E-state index in [2.05, 4.69) is 21.8 Å². The number of rotatable bonds is 3. The first-order valence-electron chi connectivity index (χ1n) is 9.57. The molecule has 26 heavy (non-hydrogen) atoms. The maximum atomic E-state index is 12.4. The molecule has 4 rings (SSSR count). The minimum Gasteiger partial charge on any atom is -0.381 e. The summed E-state index contributed by atoms with van der Waals surface area (Å²) in [7, 11) is 2.13. The molecule has 3 saturated heterocycles. The summed E-state index contributed by atoms with van der Waals surface area (Å²) in [5.41, 5.74) is -0.187. The summed E-state index contributed by atoms with van der Waals surface area (Å²) < 4.78 is 0. The van der Waals surface area contributed by atoms with Gasteiger partial charge in [-0.15, -0.1) is 0 Å². The monoisotopic (exact) mass is 359 g/mol. The van der Waals surface area contributed by atoms with Gasteiger partial charge in [0.2, 0.25) is 5.95 Å². The van der Waals surface area contributed by atoms with Gasteiger partial charge in [-0.05, 0) is 39.8 Å². The van der Waals surface area contributed by atoms with Crippen LogP contribution in [0.5, 0.6) is 0 Å². The number of carbonyl (C=O) groups excluding carboxylic acids is 1. The Kier molecular flexibility index (Phi) is 4.19. The largest absolute Gasteiger partial charge is 0.381 e. The molecule has 142 valence electrons. The fraction of sp³-hybridized carbons (Fsp3) is 0.737. The Labute approximate surface area is 155 Å². The highest BCUT2D eigenvalue weighted by Crippen LogP contribution is 2.48. The van der Waals surface area contributed by atoms with E-state index in [0.717, 1.165) is 37.8 Å². The zero-order chi connectivity index (χ0) is 18.5. The molecular formula is C19H29N5O2. The van der Waals surface area contributed by atoms with Crippen LogP contribution in [0.3, 0.4) is 0 Å². The van der Waals surface area contributed by atoms with E-state index in [1.54, 1.807) is 18.7 Å². The van der Waals surface area contributed by atoms with Gasteiger partial charge in [0.1, 0.15) is 5.60 Å². The third-order valence-corrected chi connectivity index (χ3v) is 6.05. The molecule has 0 saturated carbocycles. The predicted octanol–water partition coefficient (Wildman–Crippen LogP) is 0.705. The second kappa shape index (κ2) is 6.16. The van der Waals surface area contributed by atoms with Gasteiger partial charge in [-0.25, -0.2) is 9.97 Å². The minimum atomic E-state index is -1.31. The summed E-state index contributed by atoms with van der Waals surface area (Å²) in [5.74, 6) is 0.952. The van der Waals surface area contributed by atoms with Crippen molar-refractivity contribution in [3.63, 3.8) is 0 Å². The second-order valence-corrected chi connectivity index (χ2v) is 8.81. The van der Waals surface area contributed by atoms with Crippen LogP contribution in [0.4, 0.5) is 5.95 Å². The van der Waals surface area contributed by atoms with Gasteiger partial charge in [-0.3, -0.25) is 4.79 Å². The van der Waals surface area contributed by atoms with E-state index in [1.807, 2.05) is 12.3 Å². The van der Waals surface area contributed by atoms with E-state index in [-0.39, 0.29) is 11.3 Å². The molecule has 7 nitrogen and oxygen atoms in total. The van der Waals surface area contributed by atoms with Crippen molar-refractivity contribution >= 4 is 11.9 Å². The summed E-state index contributed by atoms with van der Waals surface area (Å²) in [6.45, 7) is 8.47. The molecule has 0 aromatic carbocycles. The lowest BCUT2D eigenvalue weighted by Gasteiger charge is -2.52. The fourth-order valence-corrected chi connectivity index (χ4v) is 4.82. The summed E-state index contributed by atoms with van der Waals surface area (Å²) >= 11 is 0. The van der Waals surface area contributed by atoms with Gasteiger partial charge in [-0.2, -0.15) is 0 Å². The summed E-state index contributed by atoms with van der Waals surface area (Å²) in [5, 5.41) is 10.0. The maximum Gasteiger partial charge on any atom is 0.253 e. The molecule has 1 atom stereocenters. The fourth-order valence-electron chi connectivity index (χ4n) is 4.82. The Hall–Kier alpha value is -1.73. The highest BCUT2D eigenvalue weighted by atomic mass is 16.3. The first kappa shape index (κ1) is 17.7. The van der Waals surface area contributed by atoms with Crippen molar-refractivity contribution in [3.05, 3.63) is 18.0 Å². The highest BCUT2D eigenvalue weighted by molar-refractivity contribution is 5.85. The van der Waals surface area contributed by atoms with Gasteiger partial charge in [0.25, 0.3) is 5.91 Å². The van der Waals surface area contributed by atoms with Gasteiger partial charge in [0.05, 0.1) is 5.69 Å². The number of hydrogen-bond donors (Lipinski definition) is 1. The van der Waals surface area contributed by atoms with Crippen LogP contribution in [-0.2, 0) is 4.79 Å². The van der Waals surface area contributed by atoms with Crippen LogP contribution in [0, 0.1) is 5.41 Å². The second-order valence-electron chi connectivity index (χ2n) is 8.81. The zero-order valence-corrected chi connectivity index (χ0v) is 16.0. The number of aliphatic hydroxyl groups is 1. The number of aromatic nitrogens is 2. The molecule has 1 N–H and O–H groups in total. The molecule has 0 aliphatic carbocycles. The Morgan fingerprint density at radius 1 is 1.27 bits per heavy atom. The van der Waals surface area contributed by atoms with E-state index < -0.39 is 5.60 Å². The molecule has 0 radical (unpaired) electrons. The smallest absolute Gasteiger partial charge is 0.253 e. The van der Waals surface area contributed by atoms with Gasteiger partial charge in [0.15, 0.2) is 0 Å². The molecule has 3 fully saturated rings. The van der Waals surface area contributed by atoms with Crippen LogP contribution in [-0.4, -0.2) is 82.7 Å². The van der Waals surface area contributed by atoms with Crippen LogP contribution >= 0.6 is 0 Å². The van der Waals surface area contributed by atoms with Gasteiger partial charge in [0, 0.05) is 56.8 Å². The van der Waals surface area contributed by atoms with E-state index in [0.29, 0.717) is 19.0 Å². The van der Waals surface area contributed by atoms with E-state index in [9.17, 15) is 9.90 Å². The molecule has 1 unspecified atom stereocenters. The molecule has 1 aromatic rings. The number of nitrogens with zero attached hydrogens (tertiary/aromatic N) is 5. The van der Waals surface area contributed by atoms with Crippen LogP contribution in [0.2, 0.25) is 0 Å². The van der Waals surface area contributed by atoms with Crippen molar-refractivity contribution in [1.29, 1.82) is 0 Å². The lowest BCUT2D eigenvalue weighted by Crippen LogP contribution is -2.64. The number of anilines is 1. The highest BCUT2D eigenvalue weighted by Gasteiger charge is 2.56. The van der Waals surface area contributed by atoms with Crippen molar-refractivity contribution < 1.29 is 9.90 Å². The first-order chi connectivity index (χ1) is 12.3. The number of likely N-dealkylation sites (tertiary alicyclic amines) is 2. The van der Waals surface area contributed by atoms with Crippen molar-refractivity contribution in [1.82, 2.24) is 19.8 Å². The maximum absolute atomic E-state index is 12.4.